The Morgan fingerprint density at radius 1 is 1.00 bits per heavy atom. The van der Waals surface area contributed by atoms with E-state index >= 15 is 0 Å². The van der Waals surface area contributed by atoms with Crippen LogP contribution in [0.5, 0.6) is 0 Å². The van der Waals surface area contributed by atoms with Crippen LogP contribution in [-0.2, 0) is 6.18 Å². The first kappa shape index (κ1) is 26.3. The first-order valence-corrected chi connectivity index (χ1v) is 11.3. The fraction of sp³-hybridized carbons (Fsp3) is 0.565. The maximum atomic E-state index is 13.6. The van der Waals surface area contributed by atoms with E-state index in [0.29, 0.717) is 25.1 Å². The summed E-state index contributed by atoms with van der Waals surface area (Å²) in [6, 6.07) is 4.96. The van der Waals surface area contributed by atoms with E-state index in [1.54, 1.807) is 17.0 Å². The summed E-state index contributed by atoms with van der Waals surface area (Å²) < 4.78 is 40.7. The molecule has 0 spiro atoms. The summed E-state index contributed by atoms with van der Waals surface area (Å²) in [4.78, 5) is 9.77. The SMILES string of the molecule is OC[C@@H]1[C@@H](O)[C@H](O)[C@@H](O)CN1CCCCCCNc1ccc(-c2ncccn2)cc1C(F)(F)F. The second-order valence-corrected chi connectivity index (χ2v) is 8.46. The number of anilines is 1. The molecule has 0 unspecified atom stereocenters. The molecule has 8 nitrogen and oxygen atoms in total. The summed E-state index contributed by atoms with van der Waals surface area (Å²) in [6.07, 6.45) is -2.19. The normalized spacial score (nSPS) is 23.7. The van der Waals surface area contributed by atoms with E-state index in [0.717, 1.165) is 25.3 Å². The zero-order chi connectivity index (χ0) is 24.7. The minimum Gasteiger partial charge on any atom is -0.395 e. The number of hydrogen-bond donors (Lipinski definition) is 5. The number of alkyl halides is 3. The number of aliphatic hydroxyl groups is 4. The summed E-state index contributed by atoms with van der Waals surface area (Å²) >= 11 is 0. The number of benzene rings is 1. The summed E-state index contributed by atoms with van der Waals surface area (Å²) in [5, 5.41) is 42.0. The maximum Gasteiger partial charge on any atom is 0.418 e. The number of nitrogens with one attached hydrogen (secondary N) is 1. The van der Waals surface area contributed by atoms with Crippen LogP contribution >= 0.6 is 0 Å². The molecule has 1 aliphatic rings. The van der Waals surface area contributed by atoms with Gasteiger partial charge in [-0.3, -0.25) is 4.90 Å². The van der Waals surface area contributed by atoms with Crippen LogP contribution in [0.2, 0.25) is 0 Å². The number of piperidine rings is 1. The molecule has 0 amide bonds. The Morgan fingerprint density at radius 2 is 1.71 bits per heavy atom. The van der Waals surface area contributed by atoms with Crippen LogP contribution < -0.4 is 5.32 Å². The average molecular weight is 485 g/mol. The van der Waals surface area contributed by atoms with Crippen molar-refractivity contribution in [1.82, 2.24) is 14.9 Å². The summed E-state index contributed by atoms with van der Waals surface area (Å²) in [5.41, 5.74) is -0.468. The molecular weight excluding hydrogens is 453 g/mol. The van der Waals surface area contributed by atoms with E-state index in [1.807, 2.05) is 0 Å². The highest BCUT2D eigenvalue weighted by Gasteiger charge is 2.40. The smallest absolute Gasteiger partial charge is 0.395 e. The van der Waals surface area contributed by atoms with Gasteiger partial charge in [-0.25, -0.2) is 9.97 Å². The van der Waals surface area contributed by atoms with Gasteiger partial charge in [0.15, 0.2) is 5.82 Å². The van der Waals surface area contributed by atoms with Crippen molar-refractivity contribution < 1.29 is 33.6 Å². The van der Waals surface area contributed by atoms with Crippen molar-refractivity contribution in [3.8, 4) is 11.4 Å². The fourth-order valence-corrected chi connectivity index (χ4v) is 4.17. The van der Waals surface area contributed by atoms with Gasteiger partial charge in [-0.2, -0.15) is 13.2 Å². The number of halogens is 3. The summed E-state index contributed by atoms with van der Waals surface area (Å²) in [6.45, 7) is 0.735. The molecule has 5 N–H and O–H groups in total. The minimum atomic E-state index is -4.52. The molecule has 1 aliphatic heterocycles. The molecule has 1 aromatic heterocycles. The molecule has 1 fully saturated rings. The van der Waals surface area contributed by atoms with Crippen LogP contribution in [0.4, 0.5) is 18.9 Å². The lowest BCUT2D eigenvalue weighted by Crippen LogP contribution is -2.62. The molecule has 0 bridgehead atoms. The van der Waals surface area contributed by atoms with Gasteiger partial charge in [0.2, 0.25) is 0 Å². The van der Waals surface area contributed by atoms with Crippen LogP contribution in [0.25, 0.3) is 11.4 Å². The van der Waals surface area contributed by atoms with Crippen molar-refractivity contribution >= 4 is 5.69 Å². The Hall–Kier alpha value is -2.31. The van der Waals surface area contributed by atoms with Crippen molar-refractivity contribution in [2.24, 2.45) is 0 Å². The Labute approximate surface area is 196 Å². The Morgan fingerprint density at radius 3 is 2.38 bits per heavy atom. The van der Waals surface area contributed by atoms with Crippen molar-refractivity contribution in [2.45, 2.75) is 56.2 Å². The van der Waals surface area contributed by atoms with Gasteiger partial charge in [0.25, 0.3) is 0 Å². The summed E-state index contributed by atoms with van der Waals surface area (Å²) in [5.74, 6) is 0.228. The van der Waals surface area contributed by atoms with Crippen LogP contribution in [-0.4, -0.2) is 85.9 Å². The van der Waals surface area contributed by atoms with Gasteiger partial charge in [-0.05, 0) is 43.7 Å². The van der Waals surface area contributed by atoms with Crippen LogP contribution in [0.15, 0.2) is 36.7 Å². The Bertz CT molecular complexity index is 904. The van der Waals surface area contributed by atoms with E-state index in [-0.39, 0.29) is 24.7 Å². The monoisotopic (exact) mass is 484 g/mol. The van der Waals surface area contributed by atoms with Gasteiger partial charge in [0.1, 0.15) is 12.2 Å². The molecule has 3 rings (SSSR count). The molecule has 1 aromatic carbocycles. The Balaban J connectivity index is 1.46. The molecule has 0 radical (unpaired) electrons. The fourth-order valence-electron chi connectivity index (χ4n) is 4.17. The predicted molar refractivity (Wildman–Crippen MR) is 120 cm³/mol. The van der Waals surface area contributed by atoms with Gasteiger partial charge < -0.3 is 25.7 Å². The highest BCUT2D eigenvalue weighted by Crippen LogP contribution is 2.37. The largest absolute Gasteiger partial charge is 0.418 e. The number of likely N-dealkylation sites (tertiary alicyclic amines) is 1. The van der Waals surface area contributed by atoms with E-state index in [2.05, 4.69) is 15.3 Å². The predicted octanol–water partition coefficient (Wildman–Crippen LogP) is 1.89. The standard InChI is InChI=1S/C23H31F3N4O4/c24-23(25,26)16-12-15(22-28-9-5-10-29-22)6-7-17(16)27-8-3-1-2-4-11-30-13-19(32)21(34)20(33)18(30)14-31/h5-7,9-10,12,18-21,27,31-34H,1-4,8,11,13-14H2/t18-,19+,20-,21-/m1/s1. The second-order valence-electron chi connectivity index (χ2n) is 8.46. The second kappa shape index (κ2) is 11.9. The third-order valence-electron chi connectivity index (χ3n) is 6.05. The number of hydrogen-bond acceptors (Lipinski definition) is 8. The number of unbranched alkanes of at least 4 members (excludes halogenated alkanes) is 3. The van der Waals surface area contributed by atoms with Gasteiger partial charge in [-0.15, -0.1) is 0 Å². The quantitative estimate of drug-likeness (QED) is 0.324. The first-order chi connectivity index (χ1) is 16.2. The minimum absolute atomic E-state index is 0.00724. The Kier molecular flexibility index (Phi) is 9.20. The van der Waals surface area contributed by atoms with Gasteiger partial charge >= 0.3 is 6.18 Å². The molecule has 4 atom stereocenters. The van der Waals surface area contributed by atoms with E-state index in [1.165, 1.54) is 18.5 Å². The number of rotatable bonds is 10. The third-order valence-corrected chi connectivity index (χ3v) is 6.05. The molecule has 2 heterocycles. The zero-order valence-corrected chi connectivity index (χ0v) is 18.7. The topological polar surface area (TPSA) is 122 Å². The van der Waals surface area contributed by atoms with Crippen molar-refractivity contribution in [1.29, 1.82) is 0 Å². The molecule has 0 aliphatic carbocycles. The van der Waals surface area contributed by atoms with Gasteiger partial charge in [0, 0.05) is 36.7 Å². The zero-order valence-electron chi connectivity index (χ0n) is 18.7. The average Bonchev–Trinajstić information content (AvgIpc) is 2.82. The highest BCUT2D eigenvalue weighted by molar-refractivity contribution is 5.64. The van der Waals surface area contributed by atoms with Crippen molar-refractivity contribution in [2.75, 3.05) is 31.6 Å². The van der Waals surface area contributed by atoms with Crippen LogP contribution in [0.1, 0.15) is 31.2 Å². The lowest BCUT2D eigenvalue weighted by Gasteiger charge is -2.43. The summed E-state index contributed by atoms with van der Waals surface area (Å²) in [7, 11) is 0. The van der Waals surface area contributed by atoms with Gasteiger partial charge in [0.05, 0.1) is 24.3 Å². The number of aliphatic hydroxyl groups excluding tert-OH is 4. The highest BCUT2D eigenvalue weighted by atomic mass is 19.4. The van der Waals surface area contributed by atoms with Crippen molar-refractivity contribution in [3.05, 3.63) is 42.2 Å². The third kappa shape index (κ3) is 6.63. The van der Waals surface area contributed by atoms with Gasteiger partial charge in [-0.1, -0.05) is 12.8 Å². The molecule has 1 saturated heterocycles. The number of β-amino-alcohol motifs (C(OH)–C–C–N with tert-alkyl or cyclic N) is 1. The number of nitrogens with zero attached hydrogens (tertiary/aromatic N) is 3. The first-order valence-electron chi connectivity index (χ1n) is 11.3. The lowest BCUT2D eigenvalue weighted by atomic mass is 9.94. The number of aromatic nitrogens is 2. The van der Waals surface area contributed by atoms with E-state index in [9.17, 15) is 33.6 Å². The maximum absolute atomic E-state index is 13.6. The molecule has 188 valence electrons. The van der Waals surface area contributed by atoms with Crippen molar-refractivity contribution in [3.63, 3.8) is 0 Å². The van der Waals surface area contributed by atoms with E-state index < -0.39 is 36.1 Å². The molecule has 2 aromatic rings. The molecular formula is C23H31F3N4O4. The van der Waals surface area contributed by atoms with Crippen LogP contribution in [0.3, 0.4) is 0 Å². The molecule has 11 heteroatoms. The van der Waals surface area contributed by atoms with E-state index in [4.69, 9.17) is 0 Å². The van der Waals surface area contributed by atoms with Crippen LogP contribution in [0, 0.1) is 0 Å². The molecule has 0 saturated carbocycles. The lowest BCUT2D eigenvalue weighted by molar-refractivity contribution is -0.145. The molecule has 34 heavy (non-hydrogen) atoms.